The Morgan fingerprint density at radius 2 is 1.69 bits per heavy atom. The number of ether oxygens (including phenoxy) is 3. The van der Waals surface area contributed by atoms with Crippen LogP contribution in [0.15, 0.2) is 54.6 Å². The first-order valence-corrected chi connectivity index (χ1v) is 9.84. The molecule has 0 radical (unpaired) electrons. The number of benzene rings is 2. The lowest BCUT2D eigenvalue weighted by Gasteiger charge is -2.13. The molecule has 0 bridgehead atoms. The van der Waals surface area contributed by atoms with Crippen molar-refractivity contribution in [1.29, 1.82) is 0 Å². The predicted molar refractivity (Wildman–Crippen MR) is 112 cm³/mol. The molecule has 0 aliphatic carbocycles. The average molecular weight is 399 g/mol. The summed E-state index contributed by atoms with van der Waals surface area (Å²) in [6.45, 7) is 2.94. The van der Waals surface area contributed by atoms with Gasteiger partial charge in [0.25, 0.3) is 0 Å². The van der Waals surface area contributed by atoms with Crippen molar-refractivity contribution in [3.63, 3.8) is 0 Å². The van der Waals surface area contributed by atoms with Gasteiger partial charge < -0.3 is 19.5 Å². The standard InChI is InChI=1S/C23H29NO5/c1-18(23(26)27-2)29-21-14-12-20(13-15-21)24-22(25)11-7-4-8-16-28-17-19-9-5-3-6-10-19/h3,5-6,9-10,12-15,18H,4,7-8,11,16-17H2,1-2H3,(H,24,25)/t18-/m0/s1. The van der Waals surface area contributed by atoms with E-state index in [1.165, 1.54) is 12.7 Å². The van der Waals surface area contributed by atoms with E-state index in [2.05, 4.69) is 10.1 Å². The first-order chi connectivity index (χ1) is 14.1. The molecule has 2 rings (SSSR count). The van der Waals surface area contributed by atoms with E-state index in [9.17, 15) is 9.59 Å². The van der Waals surface area contributed by atoms with Gasteiger partial charge in [-0.2, -0.15) is 0 Å². The van der Waals surface area contributed by atoms with E-state index < -0.39 is 12.1 Å². The van der Waals surface area contributed by atoms with Crippen molar-refractivity contribution in [2.24, 2.45) is 0 Å². The zero-order valence-corrected chi connectivity index (χ0v) is 17.1. The molecule has 156 valence electrons. The summed E-state index contributed by atoms with van der Waals surface area (Å²) in [7, 11) is 1.32. The molecule has 1 amide bonds. The number of methoxy groups -OCH3 is 1. The summed E-state index contributed by atoms with van der Waals surface area (Å²) in [5.41, 5.74) is 1.86. The maximum atomic E-state index is 12.0. The average Bonchev–Trinajstić information content (AvgIpc) is 2.74. The first kappa shape index (κ1) is 22.4. The minimum absolute atomic E-state index is 0.0215. The summed E-state index contributed by atoms with van der Waals surface area (Å²) in [6, 6.07) is 17.0. The third-order valence-corrected chi connectivity index (χ3v) is 4.29. The van der Waals surface area contributed by atoms with Crippen molar-refractivity contribution in [2.45, 2.75) is 45.3 Å². The van der Waals surface area contributed by atoms with Crippen molar-refractivity contribution in [2.75, 3.05) is 19.0 Å². The van der Waals surface area contributed by atoms with Gasteiger partial charge in [0.2, 0.25) is 5.91 Å². The molecule has 2 aromatic rings. The van der Waals surface area contributed by atoms with E-state index in [1.807, 2.05) is 30.3 Å². The van der Waals surface area contributed by atoms with Crippen LogP contribution < -0.4 is 10.1 Å². The van der Waals surface area contributed by atoms with Crippen molar-refractivity contribution < 1.29 is 23.8 Å². The van der Waals surface area contributed by atoms with Crippen LogP contribution in [-0.4, -0.2) is 31.7 Å². The normalized spacial score (nSPS) is 11.5. The predicted octanol–water partition coefficient (Wildman–Crippen LogP) is 4.34. The van der Waals surface area contributed by atoms with E-state index in [-0.39, 0.29) is 5.91 Å². The van der Waals surface area contributed by atoms with Crippen LogP contribution in [0.2, 0.25) is 0 Å². The van der Waals surface area contributed by atoms with Crippen LogP contribution >= 0.6 is 0 Å². The number of hydrogen-bond donors (Lipinski definition) is 1. The summed E-state index contributed by atoms with van der Waals surface area (Å²) in [6.07, 6.45) is 2.48. The molecule has 1 atom stereocenters. The Kier molecular flexibility index (Phi) is 9.72. The minimum Gasteiger partial charge on any atom is -0.479 e. The van der Waals surface area contributed by atoms with Gasteiger partial charge in [-0.15, -0.1) is 0 Å². The SMILES string of the molecule is COC(=O)[C@H](C)Oc1ccc(NC(=O)CCCCCOCc2ccccc2)cc1. The van der Waals surface area contributed by atoms with Gasteiger partial charge in [-0.3, -0.25) is 4.79 Å². The zero-order valence-electron chi connectivity index (χ0n) is 17.1. The second kappa shape index (κ2) is 12.6. The lowest BCUT2D eigenvalue weighted by Crippen LogP contribution is -2.24. The fourth-order valence-corrected chi connectivity index (χ4v) is 2.69. The maximum Gasteiger partial charge on any atom is 0.346 e. The fraction of sp³-hybridized carbons (Fsp3) is 0.391. The van der Waals surface area contributed by atoms with Gasteiger partial charge >= 0.3 is 5.97 Å². The number of rotatable bonds is 12. The number of anilines is 1. The highest BCUT2D eigenvalue weighted by Crippen LogP contribution is 2.17. The van der Waals surface area contributed by atoms with Crippen LogP contribution in [-0.2, 0) is 25.7 Å². The van der Waals surface area contributed by atoms with E-state index in [0.29, 0.717) is 31.1 Å². The molecular formula is C23H29NO5. The molecule has 1 N–H and O–H groups in total. The topological polar surface area (TPSA) is 73.9 Å². The van der Waals surface area contributed by atoms with E-state index in [1.54, 1.807) is 31.2 Å². The van der Waals surface area contributed by atoms with Crippen molar-refractivity contribution >= 4 is 17.6 Å². The van der Waals surface area contributed by atoms with Gasteiger partial charge in [-0.05, 0) is 49.6 Å². The van der Waals surface area contributed by atoms with Gasteiger partial charge in [-0.1, -0.05) is 36.8 Å². The van der Waals surface area contributed by atoms with Crippen molar-refractivity contribution in [1.82, 2.24) is 0 Å². The van der Waals surface area contributed by atoms with Gasteiger partial charge in [0, 0.05) is 18.7 Å². The maximum absolute atomic E-state index is 12.0. The van der Waals surface area contributed by atoms with Crippen LogP contribution in [0.1, 0.15) is 38.2 Å². The molecule has 0 fully saturated rings. The number of carbonyl (C=O) groups excluding carboxylic acids is 2. The highest BCUT2D eigenvalue weighted by Gasteiger charge is 2.14. The van der Waals surface area contributed by atoms with Crippen LogP contribution in [0.4, 0.5) is 5.69 Å². The van der Waals surface area contributed by atoms with Gasteiger partial charge in [-0.25, -0.2) is 4.79 Å². The summed E-state index contributed by atoms with van der Waals surface area (Å²) in [5, 5.41) is 2.86. The molecule has 0 heterocycles. The van der Waals surface area contributed by atoms with Crippen LogP contribution in [0.25, 0.3) is 0 Å². The number of carbonyl (C=O) groups is 2. The molecule has 0 aromatic heterocycles. The fourth-order valence-electron chi connectivity index (χ4n) is 2.69. The largest absolute Gasteiger partial charge is 0.479 e. The molecular weight excluding hydrogens is 370 g/mol. The van der Waals surface area contributed by atoms with Gasteiger partial charge in [0.05, 0.1) is 13.7 Å². The third-order valence-electron chi connectivity index (χ3n) is 4.29. The number of hydrogen-bond acceptors (Lipinski definition) is 5. The van der Waals surface area contributed by atoms with Crippen LogP contribution in [0, 0.1) is 0 Å². The van der Waals surface area contributed by atoms with E-state index in [0.717, 1.165) is 19.3 Å². The Morgan fingerprint density at radius 1 is 0.966 bits per heavy atom. The van der Waals surface area contributed by atoms with Crippen LogP contribution in [0.3, 0.4) is 0 Å². The molecule has 0 aliphatic rings. The highest BCUT2D eigenvalue weighted by molar-refractivity contribution is 5.90. The summed E-state index contributed by atoms with van der Waals surface area (Å²) < 4.78 is 15.7. The highest BCUT2D eigenvalue weighted by atomic mass is 16.6. The first-order valence-electron chi connectivity index (χ1n) is 9.84. The van der Waals surface area contributed by atoms with Gasteiger partial charge in [0.15, 0.2) is 6.10 Å². The van der Waals surface area contributed by atoms with Crippen molar-refractivity contribution in [3.05, 3.63) is 60.2 Å². The smallest absolute Gasteiger partial charge is 0.346 e. The molecule has 6 heteroatoms. The zero-order chi connectivity index (χ0) is 20.9. The quantitative estimate of drug-likeness (QED) is 0.424. The summed E-state index contributed by atoms with van der Waals surface area (Å²) in [5.74, 6) is 0.0797. The molecule has 6 nitrogen and oxygen atoms in total. The van der Waals surface area contributed by atoms with E-state index >= 15 is 0 Å². The molecule has 0 saturated carbocycles. The van der Waals surface area contributed by atoms with E-state index in [4.69, 9.17) is 9.47 Å². The monoisotopic (exact) mass is 399 g/mol. The number of amides is 1. The molecule has 29 heavy (non-hydrogen) atoms. The summed E-state index contributed by atoms with van der Waals surface area (Å²) in [4.78, 5) is 23.4. The minimum atomic E-state index is -0.683. The number of esters is 1. The molecule has 0 spiro atoms. The molecule has 0 unspecified atom stereocenters. The third kappa shape index (κ3) is 8.79. The van der Waals surface area contributed by atoms with Gasteiger partial charge in [0.1, 0.15) is 5.75 Å². The Labute approximate surface area is 172 Å². The Hall–Kier alpha value is -2.86. The Balaban J connectivity index is 1.57. The lowest BCUT2D eigenvalue weighted by atomic mass is 10.2. The van der Waals surface area contributed by atoms with Crippen LogP contribution in [0.5, 0.6) is 5.75 Å². The molecule has 0 aliphatic heterocycles. The molecule has 2 aromatic carbocycles. The molecule has 0 saturated heterocycles. The number of unbranched alkanes of at least 4 members (excludes halogenated alkanes) is 2. The second-order valence-corrected chi connectivity index (χ2v) is 6.70. The lowest BCUT2D eigenvalue weighted by molar-refractivity contribution is -0.147. The Morgan fingerprint density at radius 3 is 2.38 bits per heavy atom. The summed E-state index contributed by atoms with van der Waals surface area (Å²) >= 11 is 0. The second-order valence-electron chi connectivity index (χ2n) is 6.70. The number of nitrogens with one attached hydrogen (secondary N) is 1. The Bertz CT molecular complexity index is 746. The van der Waals surface area contributed by atoms with Crippen molar-refractivity contribution in [3.8, 4) is 5.75 Å².